The molecule has 0 heterocycles. The van der Waals surface area contributed by atoms with Crippen LogP contribution < -0.4 is 10.1 Å². The number of anilines is 1. The van der Waals surface area contributed by atoms with E-state index in [1.54, 1.807) is 0 Å². The summed E-state index contributed by atoms with van der Waals surface area (Å²) in [7, 11) is 0. The minimum Gasteiger partial charge on any atom is -0.489 e. The molecule has 0 spiro atoms. The summed E-state index contributed by atoms with van der Waals surface area (Å²) >= 11 is 19.0. The summed E-state index contributed by atoms with van der Waals surface area (Å²) in [5, 5.41) is 4.77. The van der Waals surface area contributed by atoms with Crippen LogP contribution in [0.1, 0.15) is 11.1 Å². The Bertz CT molecular complexity index is 901. The van der Waals surface area contributed by atoms with E-state index >= 15 is 0 Å². The lowest BCUT2D eigenvalue weighted by Crippen LogP contribution is -2.04. The van der Waals surface area contributed by atoms with Gasteiger partial charge in [-0.25, -0.2) is 0 Å². The highest BCUT2D eigenvalue weighted by molar-refractivity contribution is 9.10. The van der Waals surface area contributed by atoms with Crippen LogP contribution in [0.5, 0.6) is 5.75 Å². The molecule has 3 rings (SSSR count). The highest BCUT2D eigenvalue weighted by Gasteiger charge is 2.07. The molecule has 0 atom stereocenters. The first-order valence-electron chi connectivity index (χ1n) is 7.86. The Kier molecular flexibility index (Phi) is 6.87. The molecule has 6 heteroatoms. The van der Waals surface area contributed by atoms with Crippen molar-refractivity contribution in [1.82, 2.24) is 0 Å². The summed E-state index contributed by atoms with van der Waals surface area (Å²) < 4.78 is 7.89. The molecule has 0 bridgehead atoms. The van der Waals surface area contributed by atoms with Crippen LogP contribution in [0.3, 0.4) is 0 Å². The molecule has 0 radical (unpaired) electrons. The van der Waals surface area contributed by atoms with E-state index in [-0.39, 0.29) is 0 Å². The molecule has 0 amide bonds. The molecule has 2 nitrogen and oxygen atoms in total. The standard InChI is InChI=1S/C20H15Br2Cl2NO/c21-15-3-8-20(26-12-13-1-4-16(23)5-2-13)14(9-15)11-25-17-6-7-18(22)19(24)10-17/h1-10,25H,11-12H2. The van der Waals surface area contributed by atoms with Crippen molar-refractivity contribution in [2.45, 2.75) is 13.2 Å². The maximum atomic E-state index is 6.15. The minimum absolute atomic E-state index is 0.482. The first-order chi connectivity index (χ1) is 12.5. The number of benzene rings is 3. The van der Waals surface area contributed by atoms with Gasteiger partial charge < -0.3 is 10.1 Å². The summed E-state index contributed by atoms with van der Waals surface area (Å²) in [6.45, 7) is 1.10. The molecule has 0 aliphatic carbocycles. The largest absolute Gasteiger partial charge is 0.489 e. The normalized spacial score (nSPS) is 10.6. The van der Waals surface area contributed by atoms with Crippen LogP contribution in [0.4, 0.5) is 5.69 Å². The summed E-state index contributed by atoms with van der Waals surface area (Å²) in [5.74, 6) is 0.832. The predicted molar refractivity (Wildman–Crippen MR) is 116 cm³/mol. The Morgan fingerprint density at radius 1 is 0.885 bits per heavy atom. The fourth-order valence-corrected chi connectivity index (χ4v) is 3.33. The van der Waals surface area contributed by atoms with Crippen LogP contribution in [0.25, 0.3) is 0 Å². The zero-order valence-corrected chi connectivity index (χ0v) is 18.3. The molecule has 0 fully saturated rings. The smallest absolute Gasteiger partial charge is 0.124 e. The van der Waals surface area contributed by atoms with Crippen molar-refractivity contribution in [3.8, 4) is 5.75 Å². The van der Waals surface area contributed by atoms with Crippen LogP contribution in [-0.2, 0) is 13.2 Å². The van der Waals surface area contributed by atoms with Crippen LogP contribution in [0, 0.1) is 0 Å². The lowest BCUT2D eigenvalue weighted by atomic mass is 10.2. The summed E-state index contributed by atoms with van der Waals surface area (Å²) in [6.07, 6.45) is 0. The van der Waals surface area contributed by atoms with Crippen molar-refractivity contribution >= 4 is 60.7 Å². The van der Waals surface area contributed by atoms with Gasteiger partial charge in [-0.3, -0.25) is 0 Å². The topological polar surface area (TPSA) is 21.3 Å². The second-order valence-corrected chi connectivity index (χ2v) is 8.26. The highest BCUT2D eigenvalue weighted by Crippen LogP contribution is 2.28. The predicted octanol–water partition coefficient (Wildman–Crippen LogP) is 7.71. The van der Waals surface area contributed by atoms with Gasteiger partial charge in [-0.15, -0.1) is 0 Å². The zero-order chi connectivity index (χ0) is 18.5. The molecule has 1 N–H and O–H groups in total. The average molecular weight is 516 g/mol. The van der Waals surface area contributed by atoms with Gasteiger partial charge in [-0.2, -0.15) is 0 Å². The van der Waals surface area contributed by atoms with E-state index in [4.69, 9.17) is 27.9 Å². The van der Waals surface area contributed by atoms with Gasteiger partial charge >= 0.3 is 0 Å². The van der Waals surface area contributed by atoms with E-state index in [0.717, 1.165) is 36.5 Å². The number of hydrogen-bond acceptors (Lipinski definition) is 2. The lowest BCUT2D eigenvalue weighted by molar-refractivity contribution is 0.303. The highest BCUT2D eigenvalue weighted by atomic mass is 79.9. The minimum atomic E-state index is 0.482. The third kappa shape index (κ3) is 5.40. The molecule has 134 valence electrons. The van der Waals surface area contributed by atoms with E-state index in [0.29, 0.717) is 18.2 Å². The maximum Gasteiger partial charge on any atom is 0.124 e. The van der Waals surface area contributed by atoms with E-state index in [2.05, 4.69) is 37.2 Å². The van der Waals surface area contributed by atoms with E-state index in [1.807, 2.05) is 60.7 Å². The first kappa shape index (κ1) is 19.6. The molecule has 0 aromatic heterocycles. The Morgan fingerprint density at radius 3 is 2.38 bits per heavy atom. The number of halogens is 4. The van der Waals surface area contributed by atoms with Crippen LogP contribution in [0.2, 0.25) is 10.0 Å². The van der Waals surface area contributed by atoms with Gasteiger partial charge in [-0.1, -0.05) is 51.3 Å². The molecule has 0 unspecified atom stereocenters. The first-order valence-corrected chi connectivity index (χ1v) is 10.2. The molecule has 26 heavy (non-hydrogen) atoms. The average Bonchev–Trinajstić information content (AvgIpc) is 2.63. The fraction of sp³-hybridized carbons (Fsp3) is 0.100. The van der Waals surface area contributed by atoms with Crippen LogP contribution in [0.15, 0.2) is 69.6 Å². The molecular formula is C20H15Br2Cl2NO. The van der Waals surface area contributed by atoms with E-state index in [1.165, 1.54) is 0 Å². The van der Waals surface area contributed by atoms with E-state index in [9.17, 15) is 0 Å². The van der Waals surface area contributed by atoms with Crippen molar-refractivity contribution in [3.05, 3.63) is 90.8 Å². The number of hydrogen-bond donors (Lipinski definition) is 1. The molecule has 0 saturated heterocycles. The van der Waals surface area contributed by atoms with Crippen molar-refractivity contribution in [1.29, 1.82) is 0 Å². The third-order valence-corrected chi connectivity index (χ3v) is 5.71. The molecular weight excluding hydrogens is 501 g/mol. The van der Waals surface area contributed by atoms with E-state index < -0.39 is 0 Å². The SMILES string of the molecule is Clc1ccc(COc2ccc(Br)cc2CNc2ccc(Br)c(Cl)c2)cc1. The van der Waals surface area contributed by atoms with Crippen molar-refractivity contribution in [2.75, 3.05) is 5.32 Å². The second-order valence-electron chi connectivity index (χ2n) is 5.65. The molecule has 3 aromatic rings. The monoisotopic (exact) mass is 513 g/mol. The number of rotatable bonds is 6. The van der Waals surface area contributed by atoms with Crippen molar-refractivity contribution in [2.24, 2.45) is 0 Å². The summed E-state index contributed by atoms with van der Waals surface area (Å²) in [5.41, 5.74) is 3.06. The summed E-state index contributed by atoms with van der Waals surface area (Å²) in [6, 6.07) is 19.4. The Hall–Kier alpha value is -1.20. The quantitative estimate of drug-likeness (QED) is 0.363. The Balaban J connectivity index is 1.70. The van der Waals surface area contributed by atoms with Crippen LogP contribution in [-0.4, -0.2) is 0 Å². The van der Waals surface area contributed by atoms with Gasteiger partial charge in [-0.05, 0) is 70.0 Å². The maximum absolute atomic E-state index is 6.15. The molecule has 0 aliphatic heterocycles. The molecule has 0 aliphatic rings. The van der Waals surface area contributed by atoms with Gasteiger partial charge in [0.25, 0.3) is 0 Å². The Labute approximate surface area is 179 Å². The van der Waals surface area contributed by atoms with Gasteiger partial charge in [0.15, 0.2) is 0 Å². The molecule has 3 aromatic carbocycles. The van der Waals surface area contributed by atoms with Gasteiger partial charge in [0.05, 0.1) is 5.02 Å². The van der Waals surface area contributed by atoms with Gasteiger partial charge in [0.2, 0.25) is 0 Å². The second kappa shape index (κ2) is 9.14. The van der Waals surface area contributed by atoms with Gasteiger partial charge in [0, 0.05) is 31.8 Å². The third-order valence-electron chi connectivity index (χ3n) is 3.73. The lowest BCUT2D eigenvalue weighted by Gasteiger charge is -2.14. The van der Waals surface area contributed by atoms with Crippen molar-refractivity contribution in [3.63, 3.8) is 0 Å². The zero-order valence-electron chi connectivity index (χ0n) is 13.6. The fourth-order valence-electron chi connectivity index (χ4n) is 2.37. The summed E-state index contributed by atoms with van der Waals surface area (Å²) in [4.78, 5) is 0. The number of nitrogens with one attached hydrogen (secondary N) is 1. The van der Waals surface area contributed by atoms with Crippen LogP contribution >= 0.6 is 55.1 Å². The Morgan fingerprint density at radius 2 is 1.65 bits per heavy atom. The number of ether oxygens (including phenoxy) is 1. The van der Waals surface area contributed by atoms with Crippen molar-refractivity contribution < 1.29 is 4.74 Å². The molecule has 0 saturated carbocycles. The van der Waals surface area contributed by atoms with Gasteiger partial charge in [0.1, 0.15) is 12.4 Å².